The van der Waals surface area contributed by atoms with Crippen molar-refractivity contribution in [1.82, 2.24) is 19.5 Å². The first-order valence-corrected chi connectivity index (χ1v) is 16.8. The van der Waals surface area contributed by atoms with Crippen LogP contribution in [-0.2, 0) is 22.7 Å². The molecule has 0 saturated carbocycles. The van der Waals surface area contributed by atoms with Crippen molar-refractivity contribution in [2.24, 2.45) is 0 Å². The summed E-state index contributed by atoms with van der Waals surface area (Å²) in [6.45, 7) is 0.141. The number of amides is 2. The monoisotopic (exact) mass is 711 g/mol. The van der Waals surface area contributed by atoms with Gasteiger partial charge in [-0.2, -0.15) is 0 Å². The van der Waals surface area contributed by atoms with Crippen LogP contribution < -0.4 is 22.0 Å². The Hall–Kier alpha value is -5.47. The van der Waals surface area contributed by atoms with Crippen molar-refractivity contribution in [2.75, 3.05) is 33.2 Å². The van der Waals surface area contributed by atoms with Gasteiger partial charge in [0.2, 0.25) is 0 Å². The number of carbonyl (C=O) groups excluding carboxylic acids is 1. The van der Waals surface area contributed by atoms with Crippen molar-refractivity contribution in [3.63, 3.8) is 0 Å². The molecule has 13 heteroatoms. The second-order valence-corrected chi connectivity index (χ2v) is 12.8. The Balaban J connectivity index is 1.61. The Bertz CT molecular complexity index is 2260. The summed E-state index contributed by atoms with van der Waals surface area (Å²) in [4.78, 5) is 48.7. The van der Waals surface area contributed by atoms with Crippen LogP contribution in [-0.4, -0.2) is 47.9 Å². The average molecular weight is 712 g/mol. The number of ether oxygens (including phenoxy) is 1. The van der Waals surface area contributed by atoms with Gasteiger partial charge in [0.1, 0.15) is 16.5 Å². The Labute approximate surface area is 296 Å². The van der Waals surface area contributed by atoms with E-state index in [2.05, 4.69) is 20.5 Å². The fourth-order valence-corrected chi connectivity index (χ4v) is 7.37. The molecular weight excluding hydrogens is 677 g/mol. The topological polar surface area (TPSA) is 107 Å². The Morgan fingerprint density at radius 1 is 0.863 bits per heavy atom. The number of para-hydroxylation sites is 1. The number of anilines is 1. The number of methoxy groups -OCH3 is 1. The number of nitrogens with one attached hydrogen (secondary N) is 2. The lowest BCUT2D eigenvalue weighted by Gasteiger charge is -2.28. The zero-order valence-corrected chi connectivity index (χ0v) is 28.9. The van der Waals surface area contributed by atoms with E-state index in [1.165, 1.54) is 29.1 Å². The van der Waals surface area contributed by atoms with Crippen LogP contribution in [0.2, 0.25) is 0 Å². The SMILES string of the molecule is COCC(c1ccccc1)N(C)Cc1c(-c2ccc(NC(=O)NOC)cc2)sc2c1c(=O)n(-c1ccccc1)c(=O)n2Cc1c(F)cccc1F. The van der Waals surface area contributed by atoms with E-state index >= 15 is 8.78 Å². The van der Waals surface area contributed by atoms with E-state index in [4.69, 9.17) is 4.74 Å². The molecule has 0 aliphatic heterocycles. The number of thiophene rings is 1. The van der Waals surface area contributed by atoms with Gasteiger partial charge in [0.15, 0.2) is 0 Å². The summed E-state index contributed by atoms with van der Waals surface area (Å²) in [5.41, 5.74) is 3.71. The van der Waals surface area contributed by atoms with E-state index in [9.17, 15) is 14.4 Å². The molecular formula is C38H35F2N5O5S. The highest BCUT2D eigenvalue weighted by molar-refractivity contribution is 7.22. The average Bonchev–Trinajstić information content (AvgIpc) is 3.50. The number of urea groups is 1. The fourth-order valence-electron chi connectivity index (χ4n) is 6.06. The Morgan fingerprint density at radius 2 is 1.51 bits per heavy atom. The molecule has 0 radical (unpaired) electrons. The third-order valence-electron chi connectivity index (χ3n) is 8.51. The minimum atomic E-state index is -0.810. The number of nitrogens with zero attached hydrogens (tertiary/aromatic N) is 3. The van der Waals surface area contributed by atoms with E-state index in [0.717, 1.165) is 22.3 Å². The van der Waals surface area contributed by atoms with Gasteiger partial charge in [-0.25, -0.2) is 28.4 Å². The summed E-state index contributed by atoms with van der Waals surface area (Å²) < 4.78 is 38.1. The predicted molar refractivity (Wildman–Crippen MR) is 194 cm³/mol. The first kappa shape index (κ1) is 35.4. The third kappa shape index (κ3) is 7.37. The zero-order valence-electron chi connectivity index (χ0n) is 28.1. The van der Waals surface area contributed by atoms with Crippen LogP contribution in [0.1, 0.15) is 22.7 Å². The summed E-state index contributed by atoms with van der Waals surface area (Å²) in [5, 5.41) is 2.91. The molecule has 0 fully saturated rings. The molecule has 1 unspecified atom stereocenters. The number of hydrogen-bond acceptors (Lipinski definition) is 7. The van der Waals surface area contributed by atoms with Gasteiger partial charge in [-0.15, -0.1) is 11.3 Å². The number of hydroxylamine groups is 1. The molecule has 2 amide bonds. The third-order valence-corrected chi connectivity index (χ3v) is 9.82. The van der Waals surface area contributed by atoms with Crippen LogP contribution >= 0.6 is 11.3 Å². The second kappa shape index (κ2) is 15.6. The van der Waals surface area contributed by atoms with Crippen molar-refractivity contribution in [3.05, 3.63) is 152 Å². The van der Waals surface area contributed by atoms with Crippen LogP contribution in [0.4, 0.5) is 19.3 Å². The smallest absolute Gasteiger partial charge is 0.343 e. The molecule has 2 N–H and O–H groups in total. The van der Waals surface area contributed by atoms with Crippen LogP contribution in [0, 0.1) is 11.6 Å². The van der Waals surface area contributed by atoms with Crippen molar-refractivity contribution in [3.8, 4) is 16.1 Å². The van der Waals surface area contributed by atoms with Crippen molar-refractivity contribution >= 4 is 33.3 Å². The molecule has 0 bridgehead atoms. The summed E-state index contributed by atoms with van der Waals surface area (Å²) in [5.74, 6) is -1.62. The maximum absolute atomic E-state index is 15.1. The first-order valence-electron chi connectivity index (χ1n) is 16.0. The number of rotatable bonds is 12. The summed E-state index contributed by atoms with van der Waals surface area (Å²) >= 11 is 1.18. The quantitative estimate of drug-likeness (QED) is 0.137. The van der Waals surface area contributed by atoms with E-state index in [1.807, 2.05) is 37.4 Å². The number of aromatic nitrogens is 2. The molecule has 6 rings (SSSR count). The van der Waals surface area contributed by atoms with Gasteiger partial charge in [-0.3, -0.25) is 19.1 Å². The number of hydrogen-bond donors (Lipinski definition) is 2. The number of fused-ring (bicyclic) bond motifs is 1. The van der Waals surface area contributed by atoms with Gasteiger partial charge in [0, 0.05) is 29.8 Å². The van der Waals surface area contributed by atoms with E-state index in [-0.39, 0.29) is 28.4 Å². The highest BCUT2D eigenvalue weighted by Gasteiger charge is 2.27. The van der Waals surface area contributed by atoms with Crippen LogP contribution in [0.3, 0.4) is 0 Å². The van der Waals surface area contributed by atoms with Gasteiger partial charge < -0.3 is 10.1 Å². The molecule has 0 spiro atoms. The lowest BCUT2D eigenvalue weighted by molar-refractivity contribution is 0.103. The number of carbonyl (C=O) groups is 1. The number of likely N-dealkylation sites (N-methyl/N-ethyl adjacent to an activating group) is 1. The van der Waals surface area contributed by atoms with Crippen molar-refractivity contribution in [2.45, 2.75) is 19.1 Å². The molecule has 51 heavy (non-hydrogen) atoms. The molecule has 6 aromatic rings. The lowest BCUT2D eigenvalue weighted by Crippen LogP contribution is -2.39. The molecule has 2 aromatic heterocycles. The molecule has 0 aliphatic carbocycles. The highest BCUT2D eigenvalue weighted by Crippen LogP contribution is 2.39. The largest absolute Gasteiger partial charge is 0.383 e. The standard InChI is InChI=1S/C38H35F2N5O5S/c1-43(32(23-49-2)24-11-6-4-7-12-24)21-29-33-35(46)45(27-13-8-5-9-14-27)38(48)44(22-28-30(39)15-10-16-31(28)40)36(33)51-34(29)25-17-19-26(20-18-25)41-37(47)42-50-3/h4-20,32H,21-23H2,1-3H3,(H2,41,42,47). The van der Waals surface area contributed by atoms with Crippen molar-refractivity contribution in [1.29, 1.82) is 0 Å². The van der Waals surface area contributed by atoms with Gasteiger partial charge in [0.05, 0.1) is 37.4 Å². The van der Waals surface area contributed by atoms with Gasteiger partial charge >= 0.3 is 11.7 Å². The van der Waals surface area contributed by atoms with E-state index < -0.39 is 35.5 Å². The van der Waals surface area contributed by atoms with Crippen LogP contribution in [0.5, 0.6) is 0 Å². The van der Waals surface area contributed by atoms with Gasteiger partial charge in [0.25, 0.3) is 5.56 Å². The Morgan fingerprint density at radius 3 is 2.14 bits per heavy atom. The molecule has 1 atom stereocenters. The lowest BCUT2D eigenvalue weighted by atomic mass is 10.0. The molecule has 2 heterocycles. The Kier molecular flexibility index (Phi) is 10.8. The molecule has 4 aromatic carbocycles. The second-order valence-electron chi connectivity index (χ2n) is 11.8. The van der Waals surface area contributed by atoms with E-state index in [1.54, 1.807) is 61.7 Å². The summed E-state index contributed by atoms with van der Waals surface area (Å²) in [7, 11) is 4.87. The fraction of sp³-hybridized carbons (Fsp3) is 0.184. The number of halogens is 2. The minimum absolute atomic E-state index is 0.209. The maximum atomic E-state index is 15.1. The highest BCUT2D eigenvalue weighted by atomic mass is 32.1. The maximum Gasteiger partial charge on any atom is 0.343 e. The number of benzene rings is 4. The predicted octanol–water partition coefficient (Wildman–Crippen LogP) is 6.71. The summed E-state index contributed by atoms with van der Waals surface area (Å²) in [6, 6.07) is 28.0. The van der Waals surface area contributed by atoms with Crippen LogP contribution in [0.15, 0.2) is 113 Å². The summed E-state index contributed by atoms with van der Waals surface area (Å²) in [6.07, 6.45) is 0. The molecule has 0 aliphatic rings. The zero-order chi connectivity index (χ0) is 36.1. The van der Waals surface area contributed by atoms with Crippen molar-refractivity contribution < 1.29 is 23.1 Å². The first-order chi connectivity index (χ1) is 24.7. The normalized spacial score (nSPS) is 12.0. The molecule has 262 valence electrons. The van der Waals surface area contributed by atoms with Crippen LogP contribution in [0.25, 0.3) is 26.3 Å². The van der Waals surface area contributed by atoms with E-state index in [0.29, 0.717) is 34.0 Å². The molecule has 10 nitrogen and oxygen atoms in total. The minimum Gasteiger partial charge on any atom is -0.383 e. The van der Waals surface area contributed by atoms with Gasteiger partial charge in [-0.1, -0.05) is 66.7 Å². The van der Waals surface area contributed by atoms with Gasteiger partial charge in [-0.05, 0) is 60.1 Å². The molecule has 0 saturated heterocycles.